The molecule has 3 rings (SSSR count). The topological polar surface area (TPSA) is 43.7 Å². The summed E-state index contributed by atoms with van der Waals surface area (Å²) >= 11 is 6.15. The van der Waals surface area contributed by atoms with Crippen LogP contribution < -0.4 is 9.47 Å². The Morgan fingerprint density at radius 2 is 1.77 bits per heavy atom. The van der Waals surface area contributed by atoms with Gasteiger partial charge in [-0.05, 0) is 55.3 Å². The molecule has 31 heavy (non-hydrogen) atoms. The Hall–Kier alpha value is -2.92. The molecule has 0 saturated heterocycles. The van der Waals surface area contributed by atoms with Gasteiger partial charge in [0.25, 0.3) is 5.91 Å². The van der Waals surface area contributed by atoms with Gasteiger partial charge in [0, 0.05) is 41.1 Å². The molecular weight excluding hydrogens is 412 g/mol. The largest absolute Gasteiger partial charge is 0.497 e. The lowest BCUT2D eigenvalue weighted by Crippen LogP contribution is -2.38. The number of ether oxygens (including phenoxy) is 2. The number of methoxy groups -OCH3 is 2. The van der Waals surface area contributed by atoms with Crippen LogP contribution in [0.25, 0.3) is 0 Å². The van der Waals surface area contributed by atoms with E-state index in [0.29, 0.717) is 30.2 Å². The quantitative estimate of drug-likeness (QED) is 0.432. The number of carbonyl (C=O) groups is 1. The first-order valence-corrected chi connectivity index (χ1v) is 10.8. The van der Waals surface area contributed by atoms with Crippen LogP contribution in [0.5, 0.6) is 11.5 Å². The third kappa shape index (κ3) is 5.61. The van der Waals surface area contributed by atoms with Crippen molar-refractivity contribution in [2.24, 2.45) is 0 Å². The lowest BCUT2D eigenvalue weighted by molar-refractivity contribution is 0.0666. The summed E-state index contributed by atoms with van der Waals surface area (Å²) in [6.07, 6.45) is 2.88. The van der Waals surface area contributed by atoms with Crippen molar-refractivity contribution in [3.05, 3.63) is 82.6 Å². The highest BCUT2D eigenvalue weighted by molar-refractivity contribution is 6.30. The minimum Gasteiger partial charge on any atom is -0.497 e. The zero-order chi connectivity index (χ0) is 22.4. The van der Waals surface area contributed by atoms with Gasteiger partial charge in [0.1, 0.15) is 11.5 Å². The third-order valence-corrected chi connectivity index (χ3v) is 5.72. The summed E-state index contributed by atoms with van der Waals surface area (Å²) in [6, 6.07) is 17.2. The van der Waals surface area contributed by atoms with E-state index in [1.807, 2.05) is 35.4 Å². The molecule has 1 atom stereocenters. The predicted molar refractivity (Wildman–Crippen MR) is 124 cm³/mol. The predicted octanol–water partition coefficient (Wildman–Crippen LogP) is 5.65. The van der Waals surface area contributed by atoms with Crippen LogP contribution >= 0.6 is 11.6 Å². The number of benzene rings is 2. The van der Waals surface area contributed by atoms with Crippen LogP contribution in [-0.2, 0) is 13.1 Å². The monoisotopic (exact) mass is 440 g/mol. The van der Waals surface area contributed by atoms with Crippen LogP contribution in [0.1, 0.15) is 41.9 Å². The Labute approximate surface area is 189 Å². The van der Waals surface area contributed by atoms with Gasteiger partial charge in [0.15, 0.2) is 0 Å². The number of halogens is 1. The van der Waals surface area contributed by atoms with Crippen LogP contribution in [0, 0.1) is 0 Å². The molecule has 164 valence electrons. The lowest BCUT2D eigenvalue weighted by Gasteiger charge is -2.29. The second-order valence-electron chi connectivity index (χ2n) is 7.55. The van der Waals surface area contributed by atoms with Crippen molar-refractivity contribution in [3.8, 4) is 11.5 Å². The zero-order valence-corrected chi connectivity index (χ0v) is 19.2. The molecule has 0 N–H and O–H groups in total. The maximum Gasteiger partial charge on any atom is 0.254 e. The summed E-state index contributed by atoms with van der Waals surface area (Å²) in [4.78, 5) is 15.4. The van der Waals surface area contributed by atoms with Gasteiger partial charge in [-0.3, -0.25) is 4.79 Å². The van der Waals surface area contributed by atoms with Crippen molar-refractivity contribution in [3.63, 3.8) is 0 Å². The fraction of sp³-hybridized carbons (Fsp3) is 0.320. The standard InChI is InChI=1S/C25H29ClN2O3/c1-5-18(2)28(25(29)20-13-23(30-3)15-24(14-20)31-4)17-22-10-7-11-27(22)16-19-8-6-9-21(26)12-19/h6-15,18H,5,16-17H2,1-4H3. The fourth-order valence-corrected chi connectivity index (χ4v) is 3.71. The van der Waals surface area contributed by atoms with Crippen LogP contribution in [0.2, 0.25) is 5.02 Å². The van der Waals surface area contributed by atoms with Gasteiger partial charge in [-0.2, -0.15) is 0 Å². The molecule has 1 unspecified atom stereocenters. The first kappa shape index (κ1) is 22.8. The van der Waals surface area contributed by atoms with E-state index in [4.69, 9.17) is 21.1 Å². The molecule has 0 radical (unpaired) electrons. The molecule has 1 amide bonds. The molecule has 0 aliphatic heterocycles. The Morgan fingerprint density at radius 1 is 1.06 bits per heavy atom. The molecule has 1 aromatic heterocycles. The highest BCUT2D eigenvalue weighted by Gasteiger charge is 2.23. The van der Waals surface area contributed by atoms with E-state index in [1.165, 1.54) is 0 Å². The van der Waals surface area contributed by atoms with Gasteiger partial charge in [0.2, 0.25) is 0 Å². The number of hydrogen-bond acceptors (Lipinski definition) is 3. The molecule has 0 fully saturated rings. The van der Waals surface area contributed by atoms with Crippen LogP contribution in [0.4, 0.5) is 0 Å². The summed E-state index contributed by atoms with van der Waals surface area (Å²) in [5.74, 6) is 1.13. The maximum atomic E-state index is 13.5. The van der Waals surface area contributed by atoms with Crippen LogP contribution in [0.15, 0.2) is 60.8 Å². The lowest BCUT2D eigenvalue weighted by atomic mass is 10.1. The molecule has 0 aliphatic rings. The van der Waals surface area contributed by atoms with Crippen LogP contribution in [-0.4, -0.2) is 35.6 Å². The van der Waals surface area contributed by atoms with E-state index >= 15 is 0 Å². The Kier molecular flexibility index (Phi) is 7.64. The molecule has 1 heterocycles. The van der Waals surface area contributed by atoms with Gasteiger partial charge >= 0.3 is 0 Å². The van der Waals surface area contributed by atoms with E-state index in [9.17, 15) is 4.79 Å². The number of hydrogen-bond donors (Lipinski definition) is 0. The van der Waals surface area contributed by atoms with Crippen molar-refractivity contribution in [1.82, 2.24) is 9.47 Å². The third-order valence-electron chi connectivity index (χ3n) is 5.48. The second kappa shape index (κ2) is 10.4. The molecule has 0 spiro atoms. The van der Waals surface area contributed by atoms with Gasteiger partial charge < -0.3 is 18.9 Å². The first-order valence-electron chi connectivity index (χ1n) is 10.4. The molecule has 2 aromatic carbocycles. The minimum absolute atomic E-state index is 0.0537. The molecular formula is C25H29ClN2O3. The van der Waals surface area contributed by atoms with Crippen molar-refractivity contribution in [2.45, 2.75) is 39.4 Å². The van der Waals surface area contributed by atoms with Crippen molar-refractivity contribution in [2.75, 3.05) is 14.2 Å². The SMILES string of the molecule is CCC(C)N(Cc1cccn1Cc1cccc(Cl)c1)C(=O)c1cc(OC)cc(OC)c1. The number of nitrogens with zero attached hydrogens (tertiary/aromatic N) is 2. The van der Waals surface area contributed by atoms with Crippen molar-refractivity contribution >= 4 is 17.5 Å². The van der Waals surface area contributed by atoms with Gasteiger partial charge in [-0.25, -0.2) is 0 Å². The summed E-state index contributed by atoms with van der Waals surface area (Å²) in [5.41, 5.74) is 2.72. The molecule has 5 nitrogen and oxygen atoms in total. The Morgan fingerprint density at radius 3 is 2.39 bits per heavy atom. The van der Waals surface area contributed by atoms with Gasteiger partial charge in [-0.1, -0.05) is 30.7 Å². The van der Waals surface area contributed by atoms with E-state index in [0.717, 1.165) is 22.7 Å². The average molecular weight is 441 g/mol. The van der Waals surface area contributed by atoms with Crippen LogP contribution in [0.3, 0.4) is 0 Å². The Balaban J connectivity index is 1.88. The highest BCUT2D eigenvalue weighted by Crippen LogP contribution is 2.25. The maximum absolute atomic E-state index is 13.5. The summed E-state index contributed by atoms with van der Waals surface area (Å²) in [6.45, 7) is 5.35. The number of aromatic nitrogens is 1. The van der Waals surface area contributed by atoms with Gasteiger partial charge in [-0.15, -0.1) is 0 Å². The summed E-state index contributed by atoms with van der Waals surface area (Å²) < 4.78 is 12.9. The smallest absolute Gasteiger partial charge is 0.254 e. The second-order valence-corrected chi connectivity index (χ2v) is 7.99. The van der Waals surface area contributed by atoms with E-state index in [1.54, 1.807) is 32.4 Å². The highest BCUT2D eigenvalue weighted by atomic mass is 35.5. The fourth-order valence-electron chi connectivity index (χ4n) is 3.50. The average Bonchev–Trinajstić information content (AvgIpc) is 3.22. The molecule has 6 heteroatoms. The molecule has 0 bridgehead atoms. The first-order chi connectivity index (χ1) is 14.9. The number of rotatable bonds is 9. The summed E-state index contributed by atoms with van der Waals surface area (Å²) in [7, 11) is 3.16. The molecule has 0 aliphatic carbocycles. The van der Waals surface area contributed by atoms with Crippen molar-refractivity contribution in [1.29, 1.82) is 0 Å². The number of carbonyl (C=O) groups excluding carboxylic acids is 1. The van der Waals surface area contributed by atoms with Gasteiger partial charge in [0.05, 0.1) is 20.8 Å². The molecule has 3 aromatic rings. The minimum atomic E-state index is -0.0537. The van der Waals surface area contributed by atoms with E-state index in [2.05, 4.69) is 30.5 Å². The molecule has 0 saturated carbocycles. The summed E-state index contributed by atoms with van der Waals surface area (Å²) in [5, 5.41) is 0.717. The normalized spacial score (nSPS) is 11.8. The van der Waals surface area contributed by atoms with E-state index < -0.39 is 0 Å². The van der Waals surface area contributed by atoms with Crippen molar-refractivity contribution < 1.29 is 14.3 Å². The Bertz CT molecular complexity index is 1010. The van der Waals surface area contributed by atoms with E-state index in [-0.39, 0.29) is 11.9 Å². The zero-order valence-electron chi connectivity index (χ0n) is 18.5. The number of amides is 1.